The number of rotatable bonds is 6. The van der Waals surface area contributed by atoms with Gasteiger partial charge in [0.1, 0.15) is 11.5 Å². The largest absolute Gasteiger partial charge is 0.496 e. The number of aromatic carboxylic acids is 1. The standard InChI is InChI=1S/C15H18N2O5/c1-17-11(7-10(16-17)15(18)19)14-12(21-3)5-9(8-20-2)6-13(14)22-4/h5-7H,8H2,1-4H3,(H,18,19). The fraction of sp³-hybridized carbons (Fsp3) is 0.333. The minimum Gasteiger partial charge on any atom is -0.496 e. The summed E-state index contributed by atoms with van der Waals surface area (Å²) in [6.45, 7) is 0.415. The Morgan fingerprint density at radius 1 is 1.18 bits per heavy atom. The molecule has 0 aliphatic carbocycles. The lowest BCUT2D eigenvalue weighted by Gasteiger charge is -2.15. The average molecular weight is 306 g/mol. The number of carboxylic acids is 1. The lowest BCUT2D eigenvalue weighted by atomic mass is 10.1. The average Bonchev–Trinajstić information content (AvgIpc) is 2.88. The van der Waals surface area contributed by atoms with Crippen LogP contribution >= 0.6 is 0 Å². The molecule has 0 aliphatic heterocycles. The van der Waals surface area contributed by atoms with E-state index in [0.717, 1.165) is 5.56 Å². The predicted molar refractivity (Wildman–Crippen MR) is 79.4 cm³/mol. The Morgan fingerprint density at radius 2 is 1.77 bits per heavy atom. The second-order valence-corrected chi connectivity index (χ2v) is 4.65. The minimum absolute atomic E-state index is 0.0393. The highest BCUT2D eigenvalue weighted by molar-refractivity contribution is 5.88. The SMILES string of the molecule is COCc1cc(OC)c(-c2cc(C(=O)O)nn2C)c(OC)c1. The van der Waals surface area contributed by atoms with Gasteiger partial charge in [-0.15, -0.1) is 0 Å². The van der Waals surface area contributed by atoms with Crippen molar-refractivity contribution in [3.05, 3.63) is 29.5 Å². The quantitative estimate of drug-likeness (QED) is 0.878. The Balaban J connectivity index is 2.65. The van der Waals surface area contributed by atoms with Gasteiger partial charge in [-0.05, 0) is 23.8 Å². The number of nitrogens with zero attached hydrogens (tertiary/aromatic N) is 2. The van der Waals surface area contributed by atoms with E-state index in [9.17, 15) is 4.79 Å². The van der Waals surface area contributed by atoms with Crippen molar-refractivity contribution in [3.8, 4) is 22.8 Å². The Labute approximate surface area is 128 Å². The predicted octanol–water partition coefficient (Wildman–Crippen LogP) is 1.95. The lowest BCUT2D eigenvalue weighted by molar-refractivity contribution is 0.0689. The third-order valence-electron chi connectivity index (χ3n) is 3.23. The number of aromatic nitrogens is 2. The molecule has 1 heterocycles. The maximum atomic E-state index is 11.1. The topological polar surface area (TPSA) is 82.8 Å². The molecule has 7 nitrogen and oxygen atoms in total. The number of benzene rings is 1. The second kappa shape index (κ2) is 6.48. The van der Waals surface area contributed by atoms with Crippen molar-refractivity contribution in [2.45, 2.75) is 6.61 Å². The van der Waals surface area contributed by atoms with Crippen molar-refractivity contribution >= 4 is 5.97 Å². The lowest BCUT2D eigenvalue weighted by Crippen LogP contribution is -2.01. The number of carbonyl (C=O) groups is 1. The first-order valence-corrected chi connectivity index (χ1v) is 6.53. The van der Waals surface area contributed by atoms with Crippen LogP contribution in [-0.4, -0.2) is 42.2 Å². The first-order valence-electron chi connectivity index (χ1n) is 6.53. The summed E-state index contributed by atoms with van der Waals surface area (Å²) >= 11 is 0. The normalized spacial score (nSPS) is 10.5. The molecule has 0 spiro atoms. The molecule has 118 valence electrons. The summed E-state index contributed by atoms with van der Waals surface area (Å²) in [6, 6.07) is 5.14. The van der Waals surface area contributed by atoms with Crippen LogP contribution in [0.5, 0.6) is 11.5 Å². The molecule has 0 bridgehead atoms. The van der Waals surface area contributed by atoms with Gasteiger partial charge in [0.15, 0.2) is 5.69 Å². The number of hydrogen-bond donors (Lipinski definition) is 1. The molecule has 0 fully saturated rings. The zero-order valence-corrected chi connectivity index (χ0v) is 12.9. The second-order valence-electron chi connectivity index (χ2n) is 4.65. The van der Waals surface area contributed by atoms with E-state index in [2.05, 4.69) is 5.10 Å². The van der Waals surface area contributed by atoms with Crippen LogP contribution in [0.15, 0.2) is 18.2 Å². The van der Waals surface area contributed by atoms with Crippen molar-refractivity contribution in [2.75, 3.05) is 21.3 Å². The highest BCUT2D eigenvalue weighted by atomic mass is 16.5. The highest BCUT2D eigenvalue weighted by Gasteiger charge is 2.20. The summed E-state index contributed by atoms with van der Waals surface area (Å²) in [5.74, 6) is 0.0356. The first-order chi connectivity index (χ1) is 10.5. The summed E-state index contributed by atoms with van der Waals surface area (Å²) in [5.41, 5.74) is 2.09. The van der Waals surface area contributed by atoms with Crippen molar-refractivity contribution in [2.24, 2.45) is 7.05 Å². The van der Waals surface area contributed by atoms with Gasteiger partial charge in [0.2, 0.25) is 0 Å². The molecule has 0 unspecified atom stereocenters. The van der Waals surface area contributed by atoms with Gasteiger partial charge in [0.25, 0.3) is 0 Å². The summed E-state index contributed by atoms with van der Waals surface area (Å²) < 4.78 is 17.5. The van der Waals surface area contributed by atoms with E-state index in [1.54, 1.807) is 28.4 Å². The van der Waals surface area contributed by atoms with Gasteiger partial charge in [-0.2, -0.15) is 5.10 Å². The summed E-state index contributed by atoms with van der Waals surface area (Å²) in [4.78, 5) is 11.1. The van der Waals surface area contributed by atoms with E-state index < -0.39 is 5.97 Å². The van der Waals surface area contributed by atoms with Crippen molar-refractivity contribution in [1.29, 1.82) is 0 Å². The van der Waals surface area contributed by atoms with E-state index in [-0.39, 0.29) is 5.69 Å². The van der Waals surface area contributed by atoms with E-state index in [0.29, 0.717) is 29.4 Å². The molecule has 2 rings (SSSR count). The molecule has 2 aromatic rings. The molecule has 1 N–H and O–H groups in total. The zero-order chi connectivity index (χ0) is 16.3. The summed E-state index contributed by atoms with van der Waals surface area (Å²) in [6.07, 6.45) is 0. The van der Waals surface area contributed by atoms with E-state index in [1.807, 2.05) is 12.1 Å². The zero-order valence-electron chi connectivity index (χ0n) is 12.9. The number of methoxy groups -OCH3 is 3. The Morgan fingerprint density at radius 3 is 2.18 bits per heavy atom. The van der Waals surface area contributed by atoms with Gasteiger partial charge < -0.3 is 19.3 Å². The molecule has 22 heavy (non-hydrogen) atoms. The van der Waals surface area contributed by atoms with Crippen LogP contribution in [0.3, 0.4) is 0 Å². The fourth-order valence-electron chi connectivity index (χ4n) is 2.27. The van der Waals surface area contributed by atoms with Crippen LogP contribution in [0.1, 0.15) is 16.1 Å². The monoisotopic (exact) mass is 306 g/mol. The van der Waals surface area contributed by atoms with Gasteiger partial charge in [-0.1, -0.05) is 0 Å². The Hall–Kier alpha value is -2.54. The molecule has 1 aromatic heterocycles. The minimum atomic E-state index is -1.09. The molecular weight excluding hydrogens is 288 g/mol. The van der Waals surface area contributed by atoms with E-state index in [1.165, 1.54) is 10.7 Å². The van der Waals surface area contributed by atoms with Crippen molar-refractivity contribution in [1.82, 2.24) is 9.78 Å². The van der Waals surface area contributed by atoms with Crippen LogP contribution in [0.25, 0.3) is 11.3 Å². The third-order valence-corrected chi connectivity index (χ3v) is 3.23. The van der Waals surface area contributed by atoms with Gasteiger partial charge in [0.05, 0.1) is 32.1 Å². The van der Waals surface area contributed by atoms with Crippen molar-refractivity contribution in [3.63, 3.8) is 0 Å². The van der Waals surface area contributed by atoms with Gasteiger partial charge in [-0.3, -0.25) is 4.68 Å². The molecule has 0 atom stereocenters. The molecular formula is C15H18N2O5. The maximum Gasteiger partial charge on any atom is 0.356 e. The molecule has 0 radical (unpaired) electrons. The maximum absolute atomic E-state index is 11.1. The Bertz CT molecular complexity index is 668. The van der Waals surface area contributed by atoms with Gasteiger partial charge in [0, 0.05) is 14.2 Å². The van der Waals surface area contributed by atoms with Crippen molar-refractivity contribution < 1.29 is 24.1 Å². The number of ether oxygens (including phenoxy) is 3. The molecule has 0 aliphatic rings. The van der Waals surface area contributed by atoms with Gasteiger partial charge >= 0.3 is 5.97 Å². The van der Waals surface area contributed by atoms with Crippen LogP contribution in [0, 0.1) is 0 Å². The van der Waals surface area contributed by atoms with E-state index >= 15 is 0 Å². The number of hydrogen-bond acceptors (Lipinski definition) is 5. The molecule has 1 aromatic carbocycles. The number of aryl methyl sites for hydroxylation is 1. The highest BCUT2D eigenvalue weighted by Crippen LogP contribution is 2.39. The molecule has 0 amide bonds. The number of carboxylic acid groups (broad SMARTS) is 1. The van der Waals surface area contributed by atoms with Crippen LogP contribution in [0.4, 0.5) is 0 Å². The summed E-state index contributed by atoms with van der Waals surface area (Å²) in [7, 11) is 6.36. The molecule has 0 saturated heterocycles. The van der Waals surface area contributed by atoms with Crippen LogP contribution in [0.2, 0.25) is 0 Å². The third kappa shape index (κ3) is 2.89. The summed E-state index contributed by atoms with van der Waals surface area (Å²) in [5, 5.41) is 13.1. The first kappa shape index (κ1) is 15.8. The fourth-order valence-corrected chi connectivity index (χ4v) is 2.27. The van der Waals surface area contributed by atoms with Crippen LogP contribution in [-0.2, 0) is 18.4 Å². The molecule has 0 saturated carbocycles. The van der Waals surface area contributed by atoms with Gasteiger partial charge in [-0.25, -0.2) is 4.79 Å². The Kier molecular flexibility index (Phi) is 4.67. The molecule has 7 heteroatoms. The van der Waals surface area contributed by atoms with E-state index in [4.69, 9.17) is 19.3 Å². The smallest absolute Gasteiger partial charge is 0.356 e. The van der Waals surface area contributed by atoms with Crippen LogP contribution < -0.4 is 9.47 Å².